The van der Waals surface area contributed by atoms with E-state index < -0.39 is 0 Å². The third-order valence-electron chi connectivity index (χ3n) is 5.73. The highest BCUT2D eigenvalue weighted by molar-refractivity contribution is 6.30. The minimum atomic E-state index is 0.413. The highest BCUT2D eigenvalue weighted by Gasteiger charge is 2.21. The van der Waals surface area contributed by atoms with Gasteiger partial charge < -0.3 is 10.0 Å². The molecule has 0 spiro atoms. The lowest BCUT2D eigenvalue weighted by Gasteiger charge is -2.27. The summed E-state index contributed by atoms with van der Waals surface area (Å²) < 4.78 is 0. The highest BCUT2D eigenvalue weighted by Crippen LogP contribution is 2.25. The lowest BCUT2D eigenvalue weighted by atomic mass is 10.0. The van der Waals surface area contributed by atoms with Crippen LogP contribution in [0.3, 0.4) is 0 Å². The molecule has 0 amide bonds. The summed E-state index contributed by atoms with van der Waals surface area (Å²) >= 11 is 6.05. The van der Waals surface area contributed by atoms with Crippen molar-refractivity contribution in [2.45, 2.75) is 52.2 Å². The molecule has 0 radical (unpaired) electrons. The maximum atomic E-state index is 10.1. The Morgan fingerprint density at radius 3 is 2.30 bits per heavy atom. The average molecular weight is 387 g/mol. The Morgan fingerprint density at radius 2 is 1.70 bits per heavy atom. The second kappa shape index (κ2) is 9.09. The van der Waals surface area contributed by atoms with Crippen LogP contribution in [-0.4, -0.2) is 41.1 Å². The third-order valence-corrected chi connectivity index (χ3v) is 5.98. The van der Waals surface area contributed by atoms with Crippen LogP contribution in [0.4, 0.5) is 0 Å². The van der Waals surface area contributed by atoms with Crippen molar-refractivity contribution >= 4 is 11.6 Å². The van der Waals surface area contributed by atoms with E-state index in [1.54, 1.807) is 0 Å². The van der Waals surface area contributed by atoms with E-state index in [1.807, 2.05) is 26.0 Å². The molecular weight excluding hydrogens is 356 g/mol. The molecule has 1 fully saturated rings. The van der Waals surface area contributed by atoms with Gasteiger partial charge in [-0.05, 0) is 81.1 Å². The Labute approximate surface area is 168 Å². The number of aryl methyl sites for hydroxylation is 2. The van der Waals surface area contributed by atoms with Gasteiger partial charge in [-0.25, -0.2) is 0 Å². The van der Waals surface area contributed by atoms with E-state index in [-0.39, 0.29) is 0 Å². The molecule has 3 nitrogen and oxygen atoms in total. The van der Waals surface area contributed by atoms with Gasteiger partial charge in [-0.3, -0.25) is 4.90 Å². The molecule has 0 aliphatic carbocycles. The van der Waals surface area contributed by atoms with E-state index in [4.69, 9.17) is 11.6 Å². The molecule has 3 rings (SSSR count). The third kappa shape index (κ3) is 5.47. The van der Waals surface area contributed by atoms with E-state index in [2.05, 4.69) is 41.1 Å². The van der Waals surface area contributed by atoms with Gasteiger partial charge in [0.1, 0.15) is 5.75 Å². The molecule has 146 valence electrons. The standard InChI is InChI=1S/C23H31ClN2O/c1-17-13-20(14-18(2)23(17)27)16-26(12-10-22-5-4-11-25(22)3)15-19-6-8-21(24)9-7-19/h6-9,13-14,22,27H,4-5,10-12,15-16H2,1-3H3/t22-/m0/s1. The highest BCUT2D eigenvalue weighted by atomic mass is 35.5. The number of benzene rings is 2. The zero-order valence-corrected chi connectivity index (χ0v) is 17.5. The normalized spacial score (nSPS) is 17.7. The Hall–Kier alpha value is -1.55. The molecule has 1 atom stereocenters. The molecule has 1 heterocycles. The van der Waals surface area contributed by atoms with Gasteiger partial charge in [-0.2, -0.15) is 0 Å². The summed E-state index contributed by atoms with van der Waals surface area (Å²) in [5.41, 5.74) is 4.45. The summed E-state index contributed by atoms with van der Waals surface area (Å²) in [6, 6.07) is 13.1. The monoisotopic (exact) mass is 386 g/mol. The fourth-order valence-electron chi connectivity index (χ4n) is 4.13. The first-order chi connectivity index (χ1) is 12.9. The molecule has 1 aliphatic heterocycles. The molecule has 1 saturated heterocycles. The van der Waals surface area contributed by atoms with Crippen LogP contribution >= 0.6 is 11.6 Å². The number of likely N-dealkylation sites (tertiary alicyclic amines) is 1. The fourth-order valence-corrected chi connectivity index (χ4v) is 4.26. The lowest BCUT2D eigenvalue weighted by molar-refractivity contribution is 0.211. The van der Waals surface area contributed by atoms with E-state index >= 15 is 0 Å². The van der Waals surface area contributed by atoms with Crippen LogP contribution in [0.15, 0.2) is 36.4 Å². The largest absolute Gasteiger partial charge is 0.507 e. The molecule has 0 unspecified atom stereocenters. The van der Waals surface area contributed by atoms with Gasteiger partial charge in [0.15, 0.2) is 0 Å². The number of aromatic hydroxyl groups is 1. The maximum Gasteiger partial charge on any atom is 0.121 e. The molecule has 2 aromatic carbocycles. The summed E-state index contributed by atoms with van der Waals surface area (Å²) in [6.07, 6.45) is 3.82. The van der Waals surface area contributed by atoms with Crippen molar-refractivity contribution in [3.05, 3.63) is 63.7 Å². The second-order valence-electron chi connectivity index (χ2n) is 7.98. The molecule has 4 heteroatoms. The number of phenols is 1. The van der Waals surface area contributed by atoms with Crippen LogP contribution in [-0.2, 0) is 13.1 Å². The van der Waals surface area contributed by atoms with Crippen LogP contribution in [0.25, 0.3) is 0 Å². The molecule has 2 aromatic rings. The predicted molar refractivity (Wildman–Crippen MR) is 113 cm³/mol. The Kier molecular flexibility index (Phi) is 6.80. The van der Waals surface area contributed by atoms with Crippen molar-refractivity contribution in [3.63, 3.8) is 0 Å². The number of nitrogens with zero attached hydrogens (tertiary/aromatic N) is 2. The van der Waals surface area contributed by atoms with Gasteiger partial charge in [0.2, 0.25) is 0 Å². The molecular formula is C23H31ClN2O. The first-order valence-corrected chi connectivity index (χ1v) is 10.3. The topological polar surface area (TPSA) is 26.7 Å². The summed E-state index contributed by atoms with van der Waals surface area (Å²) in [4.78, 5) is 5.01. The average Bonchev–Trinajstić information content (AvgIpc) is 3.04. The van der Waals surface area contributed by atoms with Crippen molar-refractivity contribution in [2.75, 3.05) is 20.1 Å². The molecule has 0 aromatic heterocycles. The van der Waals surface area contributed by atoms with Crippen LogP contribution < -0.4 is 0 Å². The van der Waals surface area contributed by atoms with Crippen LogP contribution in [0.5, 0.6) is 5.75 Å². The van der Waals surface area contributed by atoms with Gasteiger partial charge in [-0.15, -0.1) is 0 Å². The molecule has 1 aliphatic rings. The Morgan fingerprint density at radius 1 is 1.07 bits per heavy atom. The van der Waals surface area contributed by atoms with Crippen molar-refractivity contribution in [1.82, 2.24) is 9.80 Å². The zero-order chi connectivity index (χ0) is 19.4. The van der Waals surface area contributed by atoms with E-state index in [1.165, 1.54) is 36.9 Å². The number of phenolic OH excluding ortho intramolecular Hbond substituents is 1. The summed E-state index contributed by atoms with van der Waals surface area (Å²) in [5, 5.41) is 10.9. The Balaban J connectivity index is 1.72. The summed E-state index contributed by atoms with van der Waals surface area (Å²) in [5.74, 6) is 0.413. The quantitative estimate of drug-likeness (QED) is 0.712. The minimum Gasteiger partial charge on any atom is -0.507 e. The first kappa shape index (κ1) is 20.2. The SMILES string of the molecule is Cc1cc(CN(CC[C@@H]2CCCN2C)Cc2ccc(Cl)cc2)cc(C)c1O. The Bertz CT molecular complexity index is 736. The number of halogens is 1. The molecule has 27 heavy (non-hydrogen) atoms. The zero-order valence-electron chi connectivity index (χ0n) is 16.7. The predicted octanol–water partition coefficient (Wildman–Crippen LogP) is 5.15. The van der Waals surface area contributed by atoms with E-state index in [0.717, 1.165) is 35.8 Å². The number of rotatable bonds is 7. The summed E-state index contributed by atoms with van der Waals surface area (Å²) in [7, 11) is 2.24. The van der Waals surface area contributed by atoms with Gasteiger partial charge in [0.05, 0.1) is 0 Å². The molecule has 0 saturated carbocycles. The second-order valence-corrected chi connectivity index (χ2v) is 8.42. The maximum absolute atomic E-state index is 10.1. The van der Waals surface area contributed by atoms with Crippen molar-refractivity contribution in [1.29, 1.82) is 0 Å². The molecule has 1 N–H and O–H groups in total. The first-order valence-electron chi connectivity index (χ1n) is 9.88. The van der Waals surface area contributed by atoms with Crippen molar-refractivity contribution in [2.24, 2.45) is 0 Å². The summed E-state index contributed by atoms with van der Waals surface area (Å²) in [6.45, 7) is 8.04. The van der Waals surface area contributed by atoms with Crippen LogP contribution in [0, 0.1) is 13.8 Å². The smallest absolute Gasteiger partial charge is 0.121 e. The minimum absolute atomic E-state index is 0.413. The van der Waals surface area contributed by atoms with Gasteiger partial charge in [-0.1, -0.05) is 35.9 Å². The van der Waals surface area contributed by atoms with Crippen LogP contribution in [0.2, 0.25) is 5.02 Å². The van der Waals surface area contributed by atoms with E-state index in [9.17, 15) is 5.11 Å². The fraction of sp³-hybridized carbons (Fsp3) is 0.478. The van der Waals surface area contributed by atoms with Crippen molar-refractivity contribution < 1.29 is 5.11 Å². The van der Waals surface area contributed by atoms with Crippen LogP contribution in [0.1, 0.15) is 41.5 Å². The number of hydrogen-bond donors (Lipinski definition) is 1. The van der Waals surface area contributed by atoms with E-state index in [0.29, 0.717) is 11.8 Å². The lowest BCUT2D eigenvalue weighted by Crippen LogP contribution is -2.31. The number of hydrogen-bond acceptors (Lipinski definition) is 3. The van der Waals surface area contributed by atoms with Gasteiger partial charge in [0.25, 0.3) is 0 Å². The molecule has 0 bridgehead atoms. The van der Waals surface area contributed by atoms with Gasteiger partial charge >= 0.3 is 0 Å². The van der Waals surface area contributed by atoms with Gasteiger partial charge in [0, 0.05) is 30.7 Å². The van der Waals surface area contributed by atoms with Crippen molar-refractivity contribution in [3.8, 4) is 5.75 Å².